The van der Waals surface area contributed by atoms with Crippen LogP contribution in [-0.2, 0) is 9.59 Å². The van der Waals surface area contributed by atoms with Crippen LogP contribution in [0.1, 0.15) is 43.0 Å². The SMILES string of the molecule is CCCC(=O)N1CCCC(C(=O)Nc2cc(F)ccc2C(N)=O)C1. The van der Waals surface area contributed by atoms with Crippen LogP contribution in [0.15, 0.2) is 18.2 Å². The Balaban J connectivity index is 2.08. The summed E-state index contributed by atoms with van der Waals surface area (Å²) in [4.78, 5) is 37.5. The average molecular weight is 335 g/mol. The number of halogens is 1. The highest BCUT2D eigenvalue weighted by Gasteiger charge is 2.28. The van der Waals surface area contributed by atoms with Gasteiger partial charge >= 0.3 is 0 Å². The first-order valence-electron chi connectivity index (χ1n) is 8.10. The van der Waals surface area contributed by atoms with Gasteiger partial charge in [-0.3, -0.25) is 14.4 Å². The number of amides is 3. The van der Waals surface area contributed by atoms with Crippen LogP contribution in [-0.4, -0.2) is 35.7 Å². The van der Waals surface area contributed by atoms with E-state index in [-0.39, 0.29) is 29.0 Å². The Bertz CT molecular complexity index is 648. The molecular weight excluding hydrogens is 313 g/mol. The minimum Gasteiger partial charge on any atom is -0.366 e. The predicted octanol–water partition coefficient (Wildman–Crippen LogP) is 1.90. The number of anilines is 1. The zero-order valence-electron chi connectivity index (χ0n) is 13.7. The Labute approximate surface area is 140 Å². The van der Waals surface area contributed by atoms with Gasteiger partial charge in [0, 0.05) is 19.5 Å². The quantitative estimate of drug-likeness (QED) is 0.861. The second-order valence-electron chi connectivity index (χ2n) is 5.97. The van der Waals surface area contributed by atoms with E-state index in [0.29, 0.717) is 25.9 Å². The van der Waals surface area contributed by atoms with Crippen molar-refractivity contribution in [2.45, 2.75) is 32.6 Å². The fourth-order valence-corrected chi connectivity index (χ4v) is 2.86. The Kier molecular flexibility index (Phi) is 5.89. The maximum Gasteiger partial charge on any atom is 0.250 e. The zero-order valence-corrected chi connectivity index (χ0v) is 13.7. The summed E-state index contributed by atoms with van der Waals surface area (Å²) in [5, 5.41) is 2.58. The van der Waals surface area contributed by atoms with Crippen molar-refractivity contribution in [2.24, 2.45) is 11.7 Å². The van der Waals surface area contributed by atoms with E-state index in [1.807, 2.05) is 6.92 Å². The van der Waals surface area contributed by atoms with Crippen LogP contribution in [0, 0.1) is 11.7 Å². The van der Waals surface area contributed by atoms with Crippen molar-refractivity contribution in [3.8, 4) is 0 Å². The van der Waals surface area contributed by atoms with Crippen molar-refractivity contribution in [1.29, 1.82) is 0 Å². The lowest BCUT2D eigenvalue weighted by Gasteiger charge is -2.32. The molecular formula is C17H22FN3O3. The number of benzene rings is 1. The van der Waals surface area contributed by atoms with Crippen molar-refractivity contribution in [3.63, 3.8) is 0 Å². The lowest BCUT2D eigenvalue weighted by molar-refractivity contribution is -0.134. The number of likely N-dealkylation sites (tertiary alicyclic amines) is 1. The van der Waals surface area contributed by atoms with E-state index in [1.165, 1.54) is 6.07 Å². The van der Waals surface area contributed by atoms with Gasteiger partial charge in [0.15, 0.2) is 0 Å². The molecule has 2 rings (SSSR count). The van der Waals surface area contributed by atoms with Crippen LogP contribution in [0.2, 0.25) is 0 Å². The van der Waals surface area contributed by atoms with E-state index in [9.17, 15) is 18.8 Å². The molecule has 1 saturated heterocycles. The highest BCUT2D eigenvalue weighted by molar-refractivity contribution is 6.03. The van der Waals surface area contributed by atoms with E-state index in [2.05, 4.69) is 5.32 Å². The molecule has 0 radical (unpaired) electrons. The molecule has 0 spiro atoms. The summed E-state index contributed by atoms with van der Waals surface area (Å²) in [6.07, 6.45) is 2.60. The zero-order chi connectivity index (χ0) is 17.7. The molecule has 1 aromatic rings. The largest absolute Gasteiger partial charge is 0.366 e. The van der Waals surface area contributed by atoms with Gasteiger partial charge in [-0.25, -0.2) is 4.39 Å². The maximum absolute atomic E-state index is 13.4. The summed E-state index contributed by atoms with van der Waals surface area (Å²) in [5.41, 5.74) is 5.36. The molecule has 0 saturated carbocycles. The molecule has 1 heterocycles. The summed E-state index contributed by atoms with van der Waals surface area (Å²) < 4.78 is 13.4. The number of piperidine rings is 1. The van der Waals surface area contributed by atoms with Crippen molar-refractivity contribution in [2.75, 3.05) is 18.4 Å². The molecule has 1 unspecified atom stereocenters. The Morgan fingerprint density at radius 1 is 1.38 bits per heavy atom. The van der Waals surface area contributed by atoms with Crippen molar-refractivity contribution >= 4 is 23.4 Å². The van der Waals surface area contributed by atoms with Crippen molar-refractivity contribution in [1.82, 2.24) is 4.90 Å². The number of rotatable bonds is 5. The first kappa shape index (κ1) is 17.9. The van der Waals surface area contributed by atoms with Gasteiger partial charge in [0.2, 0.25) is 11.8 Å². The molecule has 1 atom stereocenters. The third-order valence-corrected chi connectivity index (χ3v) is 4.11. The molecule has 130 valence electrons. The Hall–Kier alpha value is -2.44. The molecule has 7 heteroatoms. The van der Waals surface area contributed by atoms with Gasteiger partial charge in [-0.15, -0.1) is 0 Å². The minimum absolute atomic E-state index is 0.0404. The maximum atomic E-state index is 13.4. The van der Waals surface area contributed by atoms with E-state index >= 15 is 0 Å². The summed E-state index contributed by atoms with van der Waals surface area (Å²) in [6.45, 7) is 2.92. The monoisotopic (exact) mass is 335 g/mol. The number of hydrogen-bond acceptors (Lipinski definition) is 3. The molecule has 1 fully saturated rings. The predicted molar refractivity (Wildman–Crippen MR) is 87.8 cm³/mol. The second kappa shape index (κ2) is 7.90. The fourth-order valence-electron chi connectivity index (χ4n) is 2.86. The molecule has 0 aliphatic carbocycles. The molecule has 3 amide bonds. The first-order valence-corrected chi connectivity index (χ1v) is 8.10. The number of hydrogen-bond donors (Lipinski definition) is 2. The molecule has 6 nitrogen and oxygen atoms in total. The third kappa shape index (κ3) is 4.31. The van der Waals surface area contributed by atoms with Gasteiger partial charge in [-0.2, -0.15) is 0 Å². The number of primary amides is 1. The average Bonchev–Trinajstić information content (AvgIpc) is 2.55. The molecule has 1 aliphatic rings. The van der Waals surface area contributed by atoms with Crippen LogP contribution >= 0.6 is 0 Å². The summed E-state index contributed by atoms with van der Waals surface area (Å²) in [7, 11) is 0. The van der Waals surface area contributed by atoms with E-state index in [4.69, 9.17) is 5.73 Å². The third-order valence-electron chi connectivity index (χ3n) is 4.11. The normalized spacial score (nSPS) is 17.4. The highest BCUT2D eigenvalue weighted by Crippen LogP contribution is 2.22. The van der Waals surface area contributed by atoms with E-state index in [1.54, 1.807) is 4.90 Å². The lowest BCUT2D eigenvalue weighted by atomic mass is 9.96. The minimum atomic E-state index is -0.742. The van der Waals surface area contributed by atoms with E-state index in [0.717, 1.165) is 25.0 Å². The van der Waals surface area contributed by atoms with Crippen molar-refractivity contribution in [3.05, 3.63) is 29.6 Å². The molecule has 0 aromatic heterocycles. The second-order valence-corrected chi connectivity index (χ2v) is 5.97. The van der Waals surface area contributed by atoms with Gasteiger partial charge < -0.3 is 16.0 Å². The molecule has 1 aliphatic heterocycles. The number of nitrogens with zero attached hydrogens (tertiary/aromatic N) is 1. The van der Waals surface area contributed by atoms with Crippen LogP contribution in [0.5, 0.6) is 0 Å². The lowest BCUT2D eigenvalue weighted by Crippen LogP contribution is -2.43. The van der Waals surface area contributed by atoms with Gasteiger partial charge in [0.25, 0.3) is 5.91 Å². The summed E-state index contributed by atoms with van der Waals surface area (Å²) in [5.74, 6) is -1.99. The van der Waals surface area contributed by atoms with Crippen molar-refractivity contribution < 1.29 is 18.8 Å². The summed E-state index contributed by atoms with van der Waals surface area (Å²) in [6, 6.07) is 3.42. The van der Waals surface area contributed by atoms with Gasteiger partial charge in [0.1, 0.15) is 5.82 Å². The standard InChI is InChI=1S/C17H22FN3O3/c1-2-4-15(22)21-8-3-5-11(10-21)17(24)20-14-9-12(18)6-7-13(14)16(19)23/h6-7,9,11H,2-5,8,10H2,1H3,(H2,19,23)(H,20,24). The number of carbonyl (C=O) groups is 3. The summed E-state index contributed by atoms with van der Waals surface area (Å²) >= 11 is 0. The number of nitrogens with one attached hydrogen (secondary N) is 1. The van der Waals surface area contributed by atoms with Crippen LogP contribution in [0.25, 0.3) is 0 Å². The highest BCUT2D eigenvalue weighted by atomic mass is 19.1. The molecule has 3 N–H and O–H groups in total. The van der Waals surface area contributed by atoms with E-state index < -0.39 is 11.7 Å². The van der Waals surface area contributed by atoms with Crippen LogP contribution in [0.4, 0.5) is 10.1 Å². The molecule has 0 bridgehead atoms. The fraction of sp³-hybridized carbons (Fsp3) is 0.471. The first-order chi connectivity index (χ1) is 11.4. The van der Waals surface area contributed by atoms with Gasteiger partial charge in [0.05, 0.1) is 17.2 Å². The number of nitrogens with two attached hydrogens (primary N) is 1. The van der Waals surface area contributed by atoms with Gasteiger partial charge in [-0.05, 0) is 37.5 Å². The smallest absolute Gasteiger partial charge is 0.250 e. The topological polar surface area (TPSA) is 92.5 Å². The van der Waals surface area contributed by atoms with Crippen LogP contribution in [0.3, 0.4) is 0 Å². The van der Waals surface area contributed by atoms with Crippen LogP contribution < -0.4 is 11.1 Å². The Morgan fingerprint density at radius 2 is 2.12 bits per heavy atom. The molecule has 1 aromatic carbocycles. The Morgan fingerprint density at radius 3 is 2.79 bits per heavy atom. The number of carbonyl (C=O) groups excluding carboxylic acids is 3. The van der Waals surface area contributed by atoms with Gasteiger partial charge in [-0.1, -0.05) is 6.92 Å². The molecule has 24 heavy (non-hydrogen) atoms.